The van der Waals surface area contributed by atoms with E-state index in [2.05, 4.69) is 20.0 Å². The number of sulfonamides is 1. The van der Waals surface area contributed by atoms with Crippen LogP contribution in [-0.4, -0.2) is 24.3 Å². The number of halogens is 3. The van der Waals surface area contributed by atoms with E-state index in [0.29, 0.717) is 21.1 Å². The van der Waals surface area contributed by atoms with Crippen LogP contribution in [0.3, 0.4) is 0 Å². The first-order valence-corrected chi connectivity index (χ1v) is 12.6. The number of rotatable bonds is 6. The lowest BCUT2D eigenvalue weighted by Gasteiger charge is -2.18. The van der Waals surface area contributed by atoms with E-state index in [4.69, 9.17) is 34.8 Å². The molecule has 34 heavy (non-hydrogen) atoms. The summed E-state index contributed by atoms with van der Waals surface area (Å²) < 4.78 is 28.9. The minimum atomic E-state index is -4.13. The molecule has 0 fully saturated rings. The van der Waals surface area contributed by atoms with Crippen molar-refractivity contribution in [3.63, 3.8) is 0 Å². The number of nitrogens with one attached hydrogen (secondary N) is 2. The molecule has 0 spiro atoms. The molecule has 3 aromatic carbocycles. The molecule has 7 nitrogen and oxygen atoms in total. The minimum Gasteiger partial charge on any atom is -0.345 e. The molecule has 1 atom stereocenters. The van der Waals surface area contributed by atoms with Crippen LogP contribution in [-0.2, 0) is 10.0 Å². The van der Waals surface area contributed by atoms with E-state index in [1.807, 2.05) is 0 Å². The Kier molecular flexibility index (Phi) is 6.95. The number of anilines is 1. The predicted octanol–water partition coefficient (Wildman–Crippen LogP) is 5.88. The molecule has 174 valence electrons. The molecule has 0 aliphatic heterocycles. The van der Waals surface area contributed by atoms with Crippen LogP contribution >= 0.6 is 34.8 Å². The van der Waals surface area contributed by atoms with Crippen molar-refractivity contribution >= 4 is 67.5 Å². The second-order valence-corrected chi connectivity index (χ2v) is 10.3. The molecule has 0 saturated carbocycles. The molecule has 1 heterocycles. The Morgan fingerprint density at radius 3 is 2.41 bits per heavy atom. The van der Waals surface area contributed by atoms with Crippen molar-refractivity contribution in [1.29, 1.82) is 0 Å². The fourth-order valence-electron chi connectivity index (χ4n) is 3.39. The second kappa shape index (κ2) is 9.76. The molecule has 0 aliphatic carbocycles. The molecule has 4 aromatic rings. The number of nitrogens with zero attached hydrogens (tertiary/aromatic N) is 2. The Morgan fingerprint density at radius 2 is 1.65 bits per heavy atom. The number of amides is 1. The van der Waals surface area contributed by atoms with Gasteiger partial charge in [0.15, 0.2) is 0 Å². The fraction of sp³-hybridized carbons (Fsp3) is 0.0870. The van der Waals surface area contributed by atoms with Crippen molar-refractivity contribution in [3.8, 4) is 0 Å². The van der Waals surface area contributed by atoms with Gasteiger partial charge < -0.3 is 5.32 Å². The summed E-state index contributed by atoms with van der Waals surface area (Å²) >= 11 is 18.3. The zero-order valence-electron chi connectivity index (χ0n) is 17.6. The van der Waals surface area contributed by atoms with E-state index in [-0.39, 0.29) is 26.7 Å². The van der Waals surface area contributed by atoms with Crippen molar-refractivity contribution in [1.82, 2.24) is 15.3 Å². The lowest BCUT2D eigenvalue weighted by molar-refractivity contribution is 0.0941. The van der Waals surface area contributed by atoms with E-state index >= 15 is 0 Å². The number of carbonyl (C=O) groups excluding carboxylic acids is 1. The molecule has 0 saturated heterocycles. The smallest absolute Gasteiger partial charge is 0.264 e. The maximum atomic E-state index is 13.2. The SMILES string of the molecule is C[C@H](NC(=O)c1ccc(Cl)cc1NS(=O)(=O)c1cccc2nccnc12)c1ccc(Cl)cc1Cl. The minimum absolute atomic E-state index is 0.0142. The van der Waals surface area contributed by atoms with Crippen molar-refractivity contribution in [2.75, 3.05) is 4.72 Å². The van der Waals surface area contributed by atoms with Crippen molar-refractivity contribution in [2.45, 2.75) is 17.9 Å². The Hall–Kier alpha value is -2.91. The summed E-state index contributed by atoms with van der Waals surface area (Å²) in [7, 11) is -4.13. The standard InChI is InChI=1S/C23H17Cl3N4O3S/c1-13(16-7-5-14(24)11-18(16)26)29-23(31)17-8-6-15(25)12-20(17)30-34(32,33)21-4-2-3-19-22(21)28-10-9-27-19/h2-13,30H,1H3,(H,29,31)/t13-/m0/s1. The van der Waals surface area contributed by atoms with Gasteiger partial charge in [-0.15, -0.1) is 0 Å². The molecule has 11 heteroatoms. The fourth-order valence-corrected chi connectivity index (χ4v) is 5.37. The van der Waals surface area contributed by atoms with E-state index in [9.17, 15) is 13.2 Å². The Labute approximate surface area is 211 Å². The number of benzene rings is 3. The number of aromatic nitrogens is 2. The molecule has 0 aliphatic rings. The first-order chi connectivity index (χ1) is 16.2. The van der Waals surface area contributed by atoms with Gasteiger partial charge in [0.2, 0.25) is 0 Å². The third-order valence-corrected chi connectivity index (χ3v) is 7.19. The molecule has 2 N–H and O–H groups in total. The summed E-state index contributed by atoms with van der Waals surface area (Å²) in [5.41, 5.74) is 1.38. The third-order valence-electron chi connectivity index (χ3n) is 5.00. The summed E-state index contributed by atoms with van der Waals surface area (Å²) in [4.78, 5) is 21.3. The number of hydrogen-bond acceptors (Lipinski definition) is 5. The quantitative estimate of drug-likeness (QED) is 0.321. The Balaban J connectivity index is 1.66. The van der Waals surface area contributed by atoms with Gasteiger partial charge in [0.05, 0.1) is 22.8 Å². The first-order valence-electron chi connectivity index (χ1n) is 9.93. The van der Waals surface area contributed by atoms with Crippen LogP contribution in [0.1, 0.15) is 28.9 Å². The van der Waals surface area contributed by atoms with Crippen molar-refractivity contribution in [3.05, 3.63) is 93.2 Å². The molecular formula is C23H17Cl3N4O3S. The highest BCUT2D eigenvalue weighted by Gasteiger charge is 2.23. The predicted molar refractivity (Wildman–Crippen MR) is 134 cm³/mol. The summed E-state index contributed by atoms with van der Waals surface area (Å²) in [6.07, 6.45) is 2.88. The highest BCUT2D eigenvalue weighted by Crippen LogP contribution is 2.29. The lowest BCUT2D eigenvalue weighted by atomic mass is 10.1. The monoisotopic (exact) mass is 534 g/mol. The summed E-state index contributed by atoms with van der Waals surface area (Å²) in [6.45, 7) is 1.75. The largest absolute Gasteiger partial charge is 0.345 e. The molecule has 0 unspecified atom stereocenters. The molecule has 4 rings (SSSR count). The molecular weight excluding hydrogens is 519 g/mol. The highest BCUT2D eigenvalue weighted by molar-refractivity contribution is 7.93. The highest BCUT2D eigenvalue weighted by atomic mass is 35.5. The normalized spacial score (nSPS) is 12.4. The zero-order chi connectivity index (χ0) is 24.5. The Morgan fingerprint density at radius 1 is 0.941 bits per heavy atom. The van der Waals surface area contributed by atoms with E-state index in [1.54, 1.807) is 37.3 Å². The topological polar surface area (TPSA) is 101 Å². The van der Waals surface area contributed by atoms with E-state index in [0.717, 1.165) is 0 Å². The maximum Gasteiger partial charge on any atom is 0.264 e. The average molecular weight is 536 g/mol. The van der Waals surface area contributed by atoms with Crippen LogP contribution in [0.25, 0.3) is 11.0 Å². The Bertz CT molecular complexity index is 1510. The average Bonchev–Trinajstić information content (AvgIpc) is 2.78. The van der Waals surface area contributed by atoms with Gasteiger partial charge in [-0.3, -0.25) is 19.5 Å². The van der Waals surface area contributed by atoms with Crippen LogP contribution in [0.5, 0.6) is 0 Å². The summed E-state index contributed by atoms with van der Waals surface area (Å²) in [5, 5.41) is 3.94. The van der Waals surface area contributed by atoms with Gasteiger partial charge in [0, 0.05) is 27.5 Å². The maximum absolute atomic E-state index is 13.2. The van der Waals surface area contributed by atoms with Crippen LogP contribution in [0, 0.1) is 0 Å². The van der Waals surface area contributed by atoms with Crippen LogP contribution in [0.2, 0.25) is 15.1 Å². The second-order valence-electron chi connectivity index (χ2n) is 7.34. The number of hydrogen-bond donors (Lipinski definition) is 2. The van der Waals surface area contributed by atoms with Gasteiger partial charge in [-0.05, 0) is 55.0 Å². The van der Waals surface area contributed by atoms with Crippen LogP contribution in [0.15, 0.2) is 71.9 Å². The number of fused-ring (bicyclic) bond motifs is 1. The zero-order valence-corrected chi connectivity index (χ0v) is 20.7. The first kappa shape index (κ1) is 24.2. The van der Waals surface area contributed by atoms with Gasteiger partial charge in [-0.1, -0.05) is 46.9 Å². The summed E-state index contributed by atoms with van der Waals surface area (Å²) in [6, 6.07) is 13.4. The summed E-state index contributed by atoms with van der Waals surface area (Å²) in [5.74, 6) is -0.523. The van der Waals surface area contributed by atoms with Gasteiger partial charge >= 0.3 is 0 Å². The van der Waals surface area contributed by atoms with Gasteiger partial charge in [0.25, 0.3) is 15.9 Å². The van der Waals surface area contributed by atoms with Gasteiger partial charge in [-0.25, -0.2) is 8.42 Å². The van der Waals surface area contributed by atoms with Crippen molar-refractivity contribution < 1.29 is 13.2 Å². The van der Waals surface area contributed by atoms with Crippen LogP contribution in [0.4, 0.5) is 5.69 Å². The molecule has 0 bridgehead atoms. The van der Waals surface area contributed by atoms with Crippen LogP contribution < -0.4 is 10.0 Å². The van der Waals surface area contributed by atoms with Gasteiger partial charge in [0.1, 0.15) is 10.4 Å². The van der Waals surface area contributed by atoms with E-state index in [1.165, 1.54) is 36.7 Å². The lowest BCUT2D eigenvalue weighted by Crippen LogP contribution is -2.28. The molecule has 1 amide bonds. The van der Waals surface area contributed by atoms with Gasteiger partial charge in [-0.2, -0.15) is 0 Å². The third kappa shape index (κ3) is 5.10. The number of para-hydroxylation sites is 1. The molecule has 0 radical (unpaired) electrons. The molecule has 1 aromatic heterocycles. The van der Waals surface area contributed by atoms with E-state index < -0.39 is 22.0 Å². The number of carbonyl (C=O) groups is 1. The van der Waals surface area contributed by atoms with Crippen molar-refractivity contribution in [2.24, 2.45) is 0 Å².